The molecule has 1 rings (SSSR count). The number of aryl methyl sites for hydroxylation is 1. The third-order valence-electron chi connectivity index (χ3n) is 2.08. The fourth-order valence-corrected chi connectivity index (χ4v) is 1.38. The summed E-state index contributed by atoms with van der Waals surface area (Å²) in [7, 11) is 0. The van der Waals surface area contributed by atoms with Crippen molar-refractivity contribution in [3.8, 4) is 0 Å². The van der Waals surface area contributed by atoms with Crippen molar-refractivity contribution in [1.82, 2.24) is 10.3 Å². The van der Waals surface area contributed by atoms with Crippen molar-refractivity contribution in [3.63, 3.8) is 0 Å². The molecule has 1 aromatic heterocycles. The number of pyridine rings is 1. The van der Waals surface area contributed by atoms with Crippen molar-refractivity contribution in [2.45, 2.75) is 26.3 Å². The average molecular weight is 242 g/mol. The van der Waals surface area contributed by atoms with Crippen molar-refractivity contribution in [2.75, 3.05) is 0 Å². The Bertz CT molecular complexity index is 347. The first-order chi connectivity index (χ1) is 6.42. The Hall–Kier alpha value is -0.978. The number of nitrogens with one attached hydrogen (secondary N) is 2. The number of hydrogen-bond donors (Lipinski definition) is 1. The first-order valence-corrected chi connectivity index (χ1v) is 4.53. The monoisotopic (exact) mass is 242 g/mol. The second kappa shape index (κ2) is 5.20. The van der Waals surface area contributed by atoms with E-state index in [1.54, 1.807) is 6.20 Å². The molecule has 0 atom stereocenters. The van der Waals surface area contributed by atoms with Gasteiger partial charge in [-0.2, -0.15) is 0 Å². The van der Waals surface area contributed by atoms with E-state index in [4.69, 9.17) is 5.73 Å². The van der Waals surface area contributed by atoms with Crippen LogP contribution in [0.5, 0.6) is 0 Å². The molecule has 0 aliphatic rings. The number of rotatable bonds is 3. The largest absolute Gasteiger partial charge is 0.483 e. The van der Waals surface area contributed by atoms with E-state index < -0.39 is 0 Å². The van der Waals surface area contributed by atoms with Crippen LogP contribution in [0.3, 0.4) is 0 Å². The molecule has 0 fully saturated rings. The maximum atomic E-state index is 7.32. The molecule has 82 valence electrons. The Balaban J connectivity index is 0.00000196. The third kappa shape index (κ3) is 3.95. The van der Waals surface area contributed by atoms with Crippen molar-refractivity contribution >= 4 is 0 Å². The quantitative estimate of drug-likeness (QED) is 0.885. The van der Waals surface area contributed by atoms with E-state index in [-0.39, 0.29) is 28.7 Å². The zero-order valence-electron chi connectivity index (χ0n) is 9.29. The summed E-state index contributed by atoms with van der Waals surface area (Å²) in [6, 6.07) is 3.96. The predicted molar refractivity (Wildman–Crippen MR) is 58.6 cm³/mol. The van der Waals surface area contributed by atoms with Crippen LogP contribution >= 0.6 is 0 Å². The summed E-state index contributed by atoms with van der Waals surface area (Å²) in [6.07, 6.45) is 1.78. The number of hydrogen-bond acceptors (Lipinski definition) is 2. The van der Waals surface area contributed by atoms with Gasteiger partial charge in [-0.25, -0.2) is 0 Å². The molecule has 4 heteroatoms. The van der Waals surface area contributed by atoms with Crippen molar-refractivity contribution in [3.05, 3.63) is 47.7 Å². The van der Waals surface area contributed by atoms with Gasteiger partial charge in [0.25, 0.3) is 0 Å². The molecular weight excluding hydrogens is 226 g/mol. The molecule has 1 aromatic rings. The minimum absolute atomic E-state index is 0. The fraction of sp³-hybridized carbons (Fsp3) is 0.364. The van der Waals surface area contributed by atoms with Crippen LogP contribution in [0.25, 0.3) is 5.73 Å². The Kier molecular flexibility index (Phi) is 4.86. The second-order valence-electron chi connectivity index (χ2n) is 3.91. The van der Waals surface area contributed by atoms with Gasteiger partial charge < -0.3 is 11.1 Å². The Morgan fingerprint density at radius 1 is 1.53 bits per heavy atom. The predicted octanol–water partition coefficient (Wildman–Crippen LogP) is 2.74. The van der Waals surface area contributed by atoms with Gasteiger partial charge in [0.1, 0.15) is 0 Å². The zero-order chi connectivity index (χ0) is 10.8. The molecule has 15 heavy (non-hydrogen) atoms. The molecule has 0 aromatic carbocycles. The van der Waals surface area contributed by atoms with Gasteiger partial charge in [-0.3, -0.25) is 4.98 Å². The Labute approximate surface area is 102 Å². The molecular formula is C11H16CrN3-. The molecule has 0 aliphatic carbocycles. The van der Waals surface area contributed by atoms with E-state index in [1.165, 1.54) is 0 Å². The van der Waals surface area contributed by atoms with Crippen LogP contribution in [0.15, 0.2) is 30.7 Å². The molecule has 0 saturated heterocycles. The Morgan fingerprint density at radius 3 is 2.60 bits per heavy atom. The van der Waals surface area contributed by atoms with E-state index in [0.29, 0.717) is 0 Å². The van der Waals surface area contributed by atoms with E-state index in [1.807, 2.05) is 32.9 Å². The van der Waals surface area contributed by atoms with Gasteiger partial charge >= 0.3 is 0 Å². The third-order valence-corrected chi connectivity index (χ3v) is 2.08. The summed E-state index contributed by atoms with van der Waals surface area (Å²) in [6.45, 7) is 9.51. The molecule has 0 aliphatic heterocycles. The first-order valence-electron chi connectivity index (χ1n) is 4.53. The van der Waals surface area contributed by atoms with Gasteiger partial charge in [-0.15, -0.1) is 6.58 Å². The summed E-state index contributed by atoms with van der Waals surface area (Å²) in [5.41, 5.74) is 9.13. The van der Waals surface area contributed by atoms with Crippen molar-refractivity contribution in [1.29, 1.82) is 0 Å². The van der Waals surface area contributed by atoms with Crippen molar-refractivity contribution < 1.29 is 17.4 Å². The van der Waals surface area contributed by atoms with Crippen LogP contribution in [0.2, 0.25) is 0 Å². The molecule has 2 N–H and O–H groups in total. The molecule has 0 unspecified atom stereocenters. The van der Waals surface area contributed by atoms with Crippen LogP contribution in [-0.2, 0) is 22.9 Å². The first kappa shape index (κ1) is 14.0. The SMILES string of the molecule is C=C([NH-])NC(C)(C)c1ccnc(C)c1.[Cr]. The number of nitrogens with zero attached hydrogens (tertiary/aromatic N) is 1. The van der Waals surface area contributed by atoms with E-state index in [2.05, 4.69) is 16.9 Å². The minimum Gasteiger partial charge on any atom is -0.483 e. The fourth-order valence-electron chi connectivity index (χ4n) is 1.38. The molecule has 0 radical (unpaired) electrons. The maximum absolute atomic E-state index is 7.32. The molecule has 1 heterocycles. The standard InChI is InChI=1S/C11H16N3.Cr/c1-8-7-10(5-6-13-8)11(3,4)14-9(2)12;/h5-7,12,14H,2H2,1,3-4H3;/q-1;. The van der Waals surface area contributed by atoms with Gasteiger partial charge in [0, 0.05) is 29.3 Å². The van der Waals surface area contributed by atoms with Gasteiger partial charge in [-0.1, -0.05) is 19.7 Å². The van der Waals surface area contributed by atoms with Gasteiger partial charge in [0.2, 0.25) is 0 Å². The van der Waals surface area contributed by atoms with Crippen LogP contribution in [0.4, 0.5) is 0 Å². The summed E-state index contributed by atoms with van der Waals surface area (Å²) in [5, 5.41) is 3.01. The van der Waals surface area contributed by atoms with E-state index in [9.17, 15) is 0 Å². The summed E-state index contributed by atoms with van der Waals surface area (Å²) < 4.78 is 0. The normalized spacial score (nSPS) is 10.3. The summed E-state index contributed by atoms with van der Waals surface area (Å²) in [5.74, 6) is 0.226. The second-order valence-corrected chi connectivity index (χ2v) is 3.91. The van der Waals surface area contributed by atoms with Gasteiger partial charge in [0.15, 0.2) is 0 Å². The van der Waals surface area contributed by atoms with Crippen molar-refractivity contribution in [2.24, 2.45) is 0 Å². The molecule has 0 bridgehead atoms. The van der Waals surface area contributed by atoms with Crippen LogP contribution in [-0.4, -0.2) is 4.98 Å². The molecule has 0 saturated carbocycles. The zero-order valence-corrected chi connectivity index (χ0v) is 10.6. The van der Waals surface area contributed by atoms with Crippen LogP contribution < -0.4 is 5.32 Å². The minimum atomic E-state index is -0.271. The van der Waals surface area contributed by atoms with Crippen LogP contribution in [0.1, 0.15) is 25.1 Å². The average Bonchev–Trinajstić information content (AvgIpc) is 2.01. The maximum Gasteiger partial charge on any atom is 0.0375 e. The smallest absolute Gasteiger partial charge is 0.0375 e. The summed E-state index contributed by atoms with van der Waals surface area (Å²) in [4.78, 5) is 4.14. The number of aromatic nitrogens is 1. The Morgan fingerprint density at radius 2 is 2.13 bits per heavy atom. The van der Waals surface area contributed by atoms with E-state index >= 15 is 0 Å². The van der Waals surface area contributed by atoms with Gasteiger partial charge in [0.05, 0.1) is 0 Å². The topological polar surface area (TPSA) is 48.7 Å². The van der Waals surface area contributed by atoms with Crippen LogP contribution in [0, 0.1) is 6.92 Å². The van der Waals surface area contributed by atoms with E-state index in [0.717, 1.165) is 11.3 Å². The molecule has 3 nitrogen and oxygen atoms in total. The molecule has 0 spiro atoms. The molecule has 0 amide bonds. The van der Waals surface area contributed by atoms with Gasteiger partial charge in [-0.05, 0) is 30.2 Å². The summed E-state index contributed by atoms with van der Waals surface area (Å²) >= 11 is 0.